The van der Waals surface area contributed by atoms with Crippen LogP contribution in [-0.2, 0) is 9.59 Å². The van der Waals surface area contributed by atoms with Gasteiger partial charge in [-0.25, -0.2) is 4.90 Å². The van der Waals surface area contributed by atoms with Crippen LogP contribution in [0, 0.1) is 5.92 Å². The van der Waals surface area contributed by atoms with E-state index in [0.29, 0.717) is 21.4 Å². The molecule has 1 saturated heterocycles. The SMILES string of the molecule is O=C1C2C(c3ccc(Br)cc3)=NN(c3ccccc3)C2C(=O)N1c1cc(Cl)cc(Cl)c1. The number of rotatable bonds is 3. The van der Waals surface area contributed by atoms with Crippen molar-refractivity contribution < 1.29 is 9.59 Å². The number of carbonyl (C=O) groups is 2. The Hall–Kier alpha value is -2.67. The normalized spacial score (nSPS) is 20.3. The molecule has 2 aliphatic rings. The molecule has 5 nitrogen and oxygen atoms in total. The van der Waals surface area contributed by atoms with Gasteiger partial charge in [-0.3, -0.25) is 14.6 Å². The topological polar surface area (TPSA) is 53.0 Å². The molecular weight excluding hydrogens is 501 g/mol. The molecule has 5 rings (SSSR count). The Kier molecular flexibility index (Phi) is 5.08. The number of hydrazone groups is 1. The molecule has 2 unspecified atom stereocenters. The van der Waals surface area contributed by atoms with Crippen molar-refractivity contribution in [3.8, 4) is 0 Å². The minimum absolute atomic E-state index is 0.349. The Labute approximate surface area is 197 Å². The van der Waals surface area contributed by atoms with Crippen LogP contribution in [0.5, 0.6) is 0 Å². The van der Waals surface area contributed by atoms with E-state index in [-0.39, 0.29) is 11.8 Å². The Morgan fingerprint density at radius 1 is 0.806 bits per heavy atom. The van der Waals surface area contributed by atoms with E-state index in [4.69, 9.17) is 28.3 Å². The van der Waals surface area contributed by atoms with Crippen molar-refractivity contribution in [1.82, 2.24) is 0 Å². The number of anilines is 2. The second-order valence-corrected chi connectivity index (χ2v) is 9.02. The van der Waals surface area contributed by atoms with Crippen molar-refractivity contribution in [2.24, 2.45) is 11.0 Å². The van der Waals surface area contributed by atoms with E-state index in [1.54, 1.807) is 23.2 Å². The highest BCUT2D eigenvalue weighted by atomic mass is 79.9. The minimum atomic E-state index is -0.786. The molecule has 0 aromatic heterocycles. The molecule has 3 aromatic carbocycles. The van der Waals surface area contributed by atoms with Crippen LogP contribution in [0.25, 0.3) is 0 Å². The van der Waals surface area contributed by atoms with Crippen molar-refractivity contribution in [2.45, 2.75) is 6.04 Å². The quantitative estimate of drug-likeness (QED) is 0.431. The van der Waals surface area contributed by atoms with Crippen LogP contribution in [0.1, 0.15) is 5.56 Å². The fourth-order valence-corrected chi connectivity index (χ4v) is 4.77. The van der Waals surface area contributed by atoms with Gasteiger partial charge in [0.05, 0.1) is 17.1 Å². The van der Waals surface area contributed by atoms with E-state index in [1.807, 2.05) is 54.6 Å². The fraction of sp³-hybridized carbons (Fsp3) is 0.0870. The fourth-order valence-electron chi connectivity index (χ4n) is 3.99. The van der Waals surface area contributed by atoms with Crippen LogP contribution < -0.4 is 9.91 Å². The van der Waals surface area contributed by atoms with E-state index < -0.39 is 12.0 Å². The van der Waals surface area contributed by atoms with Gasteiger partial charge in [0.1, 0.15) is 12.0 Å². The molecule has 0 bridgehead atoms. The van der Waals surface area contributed by atoms with Crippen molar-refractivity contribution in [2.75, 3.05) is 9.91 Å². The maximum atomic E-state index is 13.6. The summed E-state index contributed by atoms with van der Waals surface area (Å²) in [5.41, 5.74) is 2.42. The first-order valence-electron chi connectivity index (χ1n) is 9.46. The lowest BCUT2D eigenvalue weighted by Crippen LogP contribution is -2.39. The highest BCUT2D eigenvalue weighted by molar-refractivity contribution is 9.10. The average Bonchev–Trinajstić information content (AvgIpc) is 3.25. The van der Waals surface area contributed by atoms with Gasteiger partial charge in [0.2, 0.25) is 5.91 Å². The number of nitrogens with zero attached hydrogens (tertiary/aromatic N) is 3. The molecule has 0 saturated carbocycles. The van der Waals surface area contributed by atoms with E-state index in [9.17, 15) is 9.59 Å². The minimum Gasteiger partial charge on any atom is -0.273 e. The zero-order chi connectivity index (χ0) is 21.7. The van der Waals surface area contributed by atoms with Gasteiger partial charge in [0, 0.05) is 14.5 Å². The van der Waals surface area contributed by atoms with Crippen LogP contribution in [0.4, 0.5) is 11.4 Å². The molecule has 0 spiro atoms. The predicted molar refractivity (Wildman–Crippen MR) is 126 cm³/mol. The standard InChI is InChI=1S/C23H14BrCl2N3O2/c24-14-8-6-13(7-9-14)20-19-21(29(27-20)17-4-2-1-3-5-17)23(31)28(22(19)30)18-11-15(25)10-16(26)12-18/h1-12,19,21H. The molecule has 2 heterocycles. The van der Waals surface area contributed by atoms with Gasteiger partial charge in [0.15, 0.2) is 0 Å². The van der Waals surface area contributed by atoms with Crippen molar-refractivity contribution >= 4 is 68.0 Å². The van der Waals surface area contributed by atoms with Crippen LogP contribution in [0.2, 0.25) is 10.0 Å². The third-order valence-electron chi connectivity index (χ3n) is 5.32. The molecular formula is C23H14BrCl2N3O2. The molecule has 2 atom stereocenters. The zero-order valence-corrected chi connectivity index (χ0v) is 19.0. The number of carbonyl (C=O) groups excluding carboxylic acids is 2. The lowest BCUT2D eigenvalue weighted by atomic mass is 9.93. The second-order valence-electron chi connectivity index (χ2n) is 7.23. The summed E-state index contributed by atoms with van der Waals surface area (Å²) in [4.78, 5) is 28.2. The van der Waals surface area contributed by atoms with E-state index >= 15 is 0 Å². The Balaban J connectivity index is 1.64. The Morgan fingerprint density at radius 2 is 1.45 bits per heavy atom. The number of hydrogen-bond acceptors (Lipinski definition) is 4. The lowest BCUT2D eigenvalue weighted by Gasteiger charge is -2.22. The maximum Gasteiger partial charge on any atom is 0.259 e. The first kappa shape index (κ1) is 20.2. The van der Waals surface area contributed by atoms with Gasteiger partial charge in [-0.1, -0.05) is 69.5 Å². The smallest absolute Gasteiger partial charge is 0.259 e. The highest BCUT2D eigenvalue weighted by Gasteiger charge is 2.57. The van der Waals surface area contributed by atoms with Gasteiger partial charge in [-0.15, -0.1) is 0 Å². The van der Waals surface area contributed by atoms with Gasteiger partial charge in [-0.2, -0.15) is 5.10 Å². The number of amides is 2. The summed E-state index contributed by atoms with van der Waals surface area (Å²) in [6, 6.07) is 20.8. The summed E-state index contributed by atoms with van der Waals surface area (Å²) < 4.78 is 0.912. The first-order valence-corrected chi connectivity index (χ1v) is 11.0. The molecule has 0 N–H and O–H groups in total. The summed E-state index contributed by atoms with van der Waals surface area (Å²) >= 11 is 15.7. The number of halogens is 3. The molecule has 154 valence electrons. The molecule has 2 aliphatic heterocycles. The van der Waals surface area contributed by atoms with Gasteiger partial charge in [0.25, 0.3) is 5.91 Å². The van der Waals surface area contributed by atoms with E-state index in [2.05, 4.69) is 15.9 Å². The molecule has 0 aliphatic carbocycles. The first-order chi connectivity index (χ1) is 14.9. The van der Waals surface area contributed by atoms with Crippen LogP contribution in [-0.4, -0.2) is 23.6 Å². The summed E-state index contributed by atoms with van der Waals surface area (Å²) in [6.07, 6.45) is 0. The molecule has 1 fully saturated rings. The maximum absolute atomic E-state index is 13.6. The van der Waals surface area contributed by atoms with Gasteiger partial charge in [-0.05, 0) is 48.0 Å². The van der Waals surface area contributed by atoms with E-state index in [0.717, 1.165) is 20.6 Å². The average molecular weight is 515 g/mol. The summed E-state index contributed by atoms with van der Waals surface area (Å²) in [6.45, 7) is 0. The number of hydrogen-bond donors (Lipinski definition) is 0. The predicted octanol–water partition coefficient (Wildman–Crippen LogP) is 5.54. The molecule has 8 heteroatoms. The third-order valence-corrected chi connectivity index (χ3v) is 6.28. The Bertz CT molecular complexity index is 1210. The van der Waals surface area contributed by atoms with Crippen molar-refractivity contribution in [3.63, 3.8) is 0 Å². The lowest BCUT2D eigenvalue weighted by molar-refractivity contribution is -0.121. The summed E-state index contributed by atoms with van der Waals surface area (Å²) in [5.74, 6) is -1.46. The molecule has 31 heavy (non-hydrogen) atoms. The Morgan fingerprint density at radius 3 is 2.10 bits per heavy atom. The zero-order valence-electron chi connectivity index (χ0n) is 15.9. The van der Waals surface area contributed by atoms with Crippen molar-refractivity contribution in [1.29, 1.82) is 0 Å². The van der Waals surface area contributed by atoms with Crippen LogP contribution >= 0.6 is 39.1 Å². The number of imide groups is 1. The molecule has 0 radical (unpaired) electrons. The van der Waals surface area contributed by atoms with Crippen LogP contribution in [0.3, 0.4) is 0 Å². The van der Waals surface area contributed by atoms with Crippen LogP contribution in [0.15, 0.2) is 82.4 Å². The largest absolute Gasteiger partial charge is 0.273 e. The third kappa shape index (κ3) is 3.45. The van der Waals surface area contributed by atoms with Gasteiger partial charge < -0.3 is 0 Å². The second kappa shape index (κ2) is 7.79. The number of benzene rings is 3. The van der Waals surface area contributed by atoms with E-state index in [1.165, 1.54) is 0 Å². The molecule has 2 amide bonds. The van der Waals surface area contributed by atoms with Gasteiger partial charge >= 0.3 is 0 Å². The monoisotopic (exact) mass is 513 g/mol. The van der Waals surface area contributed by atoms with Crippen molar-refractivity contribution in [3.05, 3.63) is 92.9 Å². The summed E-state index contributed by atoms with van der Waals surface area (Å²) in [5, 5.41) is 7.05. The number of fused-ring (bicyclic) bond motifs is 1. The molecule has 3 aromatic rings. The summed E-state index contributed by atoms with van der Waals surface area (Å²) in [7, 11) is 0. The number of para-hydroxylation sites is 1. The highest BCUT2D eigenvalue weighted by Crippen LogP contribution is 2.40.